The zero-order valence-corrected chi connectivity index (χ0v) is 10.7. The lowest BCUT2D eigenvalue weighted by atomic mass is 10.0. The molecule has 0 saturated carbocycles. The molecule has 1 aromatic rings. The summed E-state index contributed by atoms with van der Waals surface area (Å²) < 4.78 is 0. The Morgan fingerprint density at radius 3 is 2.76 bits per heavy atom. The second-order valence-corrected chi connectivity index (χ2v) is 5.33. The molecule has 1 aliphatic heterocycles. The average molecular weight is 230 g/mol. The van der Waals surface area contributed by atoms with Crippen LogP contribution in [0.5, 0.6) is 0 Å². The molecule has 1 fully saturated rings. The number of benzene rings is 1. The third-order valence-corrected chi connectivity index (χ3v) is 4.23. The van der Waals surface area contributed by atoms with Crippen LogP contribution in [0.2, 0.25) is 0 Å². The quantitative estimate of drug-likeness (QED) is 0.851. The van der Waals surface area contributed by atoms with Crippen LogP contribution in [0.4, 0.5) is 0 Å². The number of rotatable bonds is 4. The van der Waals surface area contributed by atoms with Crippen molar-refractivity contribution in [2.24, 2.45) is 0 Å². The smallest absolute Gasteiger partial charge is 0.0348 e. The van der Waals surface area contributed by atoms with E-state index in [2.05, 4.69) is 35.3 Å². The van der Waals surface area contributed by atoms with Gasteiger partial charge in [0.15, 0.2) is 0 Å². The van der Waals surface area contributed by atoms with Crippen LogP contribution in [0, 0.1) is 0 Å². The van der Waals surface area contributed by atoms with E-state index in [-0.39, 0.29) is 0 Å². The maximum atomic E-state index is 3.36. The summed E-state index contributed by atoms with van der Waals surface area (Å²) in [5, 5.41) is 3.36. The standard InChI is InChI=1S/C15H22N2/c1-2-17(15-9-16-10-15)11-12-6-7-13-4-3-5-14(13)8-12/h6-8,15-16H,2-5,9-11H2,1H3. The van der Waals surface area contributed by atoms with Crippen LogP contribution < -0.4 is 5.32 Å². The van der Waals surface area contributed by atoms with Crippen LogP contribution in [0.25, 0.3) is 0 Å². The molecule has 3 rings (SSSR count). The number of likely N-dealkylation sites (N-methyl/N-ethyl adjacent to an activating group) is 1. The predicted molar refractivity (Wildman–Crippen MR) is 71.2 cm³/mol. The fourth-order valence-corrected chi connectivity index (χ4v) is 2.99. The minimum absolute atomic E-state index is 0.758. The summed E-state index contributed by atoms with van der Waals surface area (Å²) in [6.07, 6.45) is 3.93. The molecule has 2 nitrogen and oxygen atoms in total. The Labute approximate surface area is 104 Å². The van der Waals surface area contributed by atoms with Crippen LogP contribution in [0.15, 0.2) is 18.2 Å². The van der Waals surface area contributed by atoms with E-state index in [9.17, 15) is 0 Å². The first kappa shape index (κ1) is 11.2. The predicted octanol–water partition coefficient (Wildman–Crippen LogP) is 1.97. The maximum absolute atomic E-state index is 3.36. The molecule has 0 atom stereocenters. The number of hydrogen-bond acceptors (Lipinski definition) is 2. The molecule has 1 N–H and O–H groups in total. The number of nitrogens with zero attached hydrogens (tertiary/aromatic N) is 1. The molecule has 92 valence electrons. The van der Waals surface area contributed by atoms with Gasteiger partial charge in [-0.15, -0.1) is 0 Å². The lowest BCUT2D eigenvalue weighted by molar-refractivity contribution is 0.145. The fraction of sp³-hybridized carbons (Fsp3) is 0.600. The van der Waals surface area contributed by atoms with Crippen molar-refractivity contribution in [3.8, 4) is 0 Å². The van der Waals surface area contributed by atoms with Gasteiger partial charge in [-0.25, -0.2) is 0 Å². The number of aryl methyl sites for hydroxylation is 2. The normalized spacial score (nSPS) is 19.4. The van der Waals surface area contributed by atoms with E-state index in [4.69, 9.17) is 0 Å². The summed E-state index contributed by atoms with van der Waals surface area (Å²) in [4.78, 5) is 2.59. The van der Waals surface area contributed by atoms with Gasteiger partial charge in [0.1, 0.15) is 0 Å². The fourth-order valence-electron chi connectivity index (χ4n) is 2.99. The Balaban J connectivity index is 1.71. The third kappa shape index (κ3) is 2.24. The minimum atomic E-state index is 0.758. The van der Waals surface area contributed by atoms with Gasteiger partial charge in [-0.3, -0.25) is 4.90 Å². The molecule has 0 radical (unpaired) electrons. The molecule has 2 aliphatic rings. The van der Waals surface area contributed by atoms with Crippen LogP contribution in [0.1, 0.15) is 30.0 Å². The SMILES string of the molecule is CCN(Cc1ccc2c(c1)CCC2)C1CNC1. The second-order valence-electron chi connectivity index (χ2n) is 5.33. The van der Waals surface area contributed by atoms with Gasteiger partial charge in [0.25, 0.3) is 0 Å². The van der Waals surface area contributed by atoms with E-state index in [0.29, 0.717) is 0 Å². The molecule has 0 aromatic heterocycles. The van der Waals surface area contributed by atoms with E-state index in [1.165, 1.54) is 37.9 Å². The Morgan fingerprint density at radius 2 is 2.06 bits per heavy atom. The Bertz CT molecular complexity index is 396. The molecular formula is C15H22N2. The summed E-state index contributed by atoms with van der Waals surface area (Å²) in [7, 11) is 0. The molecule has 2 heteroatoms. The first-order valence-electron chi connectivity index (χ1n) is 6.92. The molecule has 0 unspecified atom stereocenters. The molecule has 0 spiro atoms. The highest BCUT2D eigenvalue weighted by atomic mass is 15.2. The Kier molecular flexibility index (Phi) is 3.17. The molecule has 17 heavy (non-hydrogen) atoms. The van der Waals surface area contributed by atoms with Crippen LogP contribution in [-0.4, -0.2) is 30.6 Å². The zero-order valence-electron chi connectivity index (χ0n) is 10.7. The number of fused-ring (bicyclic) bond motifs is 1. The Hall–Kier alpha value is -0.860. The highest BCUT2D eigenvalue weighted by molar-refractivity contribution is 5.35. The number of hydrogen-bond donors (Lipinski definition) is 1. The summed E-state index contributed by atoms with van der Waals surface area (Å²) in [6, 6.07) is 7.88. The molecule has 1 saturated heterocycles. The van der Waals surface area contributed by atoms with Gasteiger partial charge < -0.3 is 5.32 Å². The van der Waals surface area contributed by atoms with Gasteiger partial charge in [-0.05, 0) is 42.5 Å². The molecule has 1 aliphatic carbocycles. The van der Waals surface area contributed by atoms with Crippen LogP contribution in [0.3, 0.4) is 0 Å². The van der Waals surface area contributed by atoms with Gasteiger partial charge >= 0.3 is 0 Å². The van der Waals surface area contributed by atoms with E-state index in [0.717, 1.165) is 19.1 Å². The largest absolute Gasteiger partial charge is 0.314 e. The third-order valence-electron chi connectivity index (χ3n) is 4.23. The van der Waals surface area contributed by atoms with E-state index in [1.807, 2.05) is 0 Å². The average Bonchev–Trinajstić information content (AvgIpc) is 2.72. The van der Waals surface area contributed by atoms with Crippen molar-refractivity contribution in [3.05, 3.63) is 34.9 Å². The summed E-state index contributed by atoms with van der Waals surface area (Å²) in [6.45, 7) is 6.88. The van der Waals surface area contributed by atoms with Crippen molar-refractivity contribution in [2.45, 2.75) is 38.8 Å². The topological polar surface area (TPSA) is 15.3 Å². The summed E-state index contributed by atoms with van der Waals surface area (Å²) >= 11 is 0. The first-order chi connectivity index (χ1) is 8.36. The van der Waals surface area contributed by atoms with Gasteiger partial charge in [-0.2, -0.15) is 0 Å². The van der Waals surface area contributed by atoms with Crippen molar-refractivity contribution >= 4 is 0 Å². The van der Waals surface area contributed by atoms with Gasteiger partial charge in [0.2, 0.25) is 0 Å². The lowest BCUT2D eigenvalue weighted by Gasteiger charge is -2.37. The minimum Gasteiger partial charge on any atom is -0.314 e. The van der Waals surface area contributed by atoms with Gasteiger partial charge in [0, 0.05) is 25.7 Å². The van der Waals surface area contributed by atoms with Gasteiger partial charge in [-0.1, -0.05) is 25.1 Å². The van der Waals surface area contributed by atoms with Crippen molar-refractivity contribution in [1.82, 2.24) is 10.2 Å². The highest BCUT2D eigenvalue weighted by Gasteiger charge is 2.23. The van der Waals surface area contributed by atoms with Crippen LogP contribution >= 0.6 is 0 Å². The van der Waals surface area contributed by atoms with E-state index >= 15 is 0 Å². The number of nitrogens with one attached hydrogen (secondary N) is 1. The monoisotopic (exact) mass is 230 g/mol. The summed E-state index contributed by atoms with van der Waals surface area (Å²) in [5.74, 6) is 0. The molecule has 0 bridgehead atoms. The second kappa shape index (κ2) is 4.79. The van der Waals surface area contributed by atoms with Crippen molar-refractivity contribution in [1.29, 1.82) is 0 Å². The zero-order chi connectivity index (χ0) is 11.7. The van der Waals surface area contributed by atoms with Crippen molar-refractivity contribution < 1.29 is 0 Å². The summed E-state index contributed by atoms with van der Waals surface area (Å²) in [5.41, 5.74) is 4.69. The molecular weight excluding hydrogens is 208 g/mol. The molecule has 0 amide bonds. The highest BCUT2D eigenvalue weighted by Crippen LogP contribution is 2.23. The van der Waals surface area contributed by atoms with Crippen LogP contribution in [-0.2, 0) is 19.4 Å². The van der Waals surface area contributed by atoms with Crippen molar-refractivity contribution in [3.63, 3.8) is 0 Å². The lowest BCUT2D eigenvalue weighted by Crippen LogP contribution is -2.56. The van der Waals surface area contributed by atoms with Gasteiger partial charge in [0.05, 0.1) is 0 Å². The van der Waals surface area contributed by atoms with Crippen molar-refractivity contribution in [2.75, 3.05) is 19.6 Å². The first-order valence-corrected chi connectivity index (χ1v) is 6.92. The molecule has 1 heterocycles. The van der Waals surface area contributed by atoms with E-state index < -0.39 is 0 Å². The maximum Gasteiger partial charge on any atom is 0.0348 e. The Morgan fingerprint density at radius 1 is 1.24 bits per heavy atom. The van der Waals surface area contributed by atoms with E-state index in [1.54, 1.807) is 11.1 Å². The molecule has 1 aromatic carbocycles.